The lowest BCUT2D eigenvalue weighted by atomic mass is 10.1. The van der Waals surface area contributed by atoms with E-state index in [1.807, 2.05) is 0 Å². The molecule has 0 aliphatic rings. The minimum Gasteiger partial charge on any atom is -0.497 e. The first-order valence-electron chi connectivity index (χ1n) is 6.57. The van der Waals surface area contributed by atoms with Gasteiger partial charge in [0.15, 0.2) is 11.5 Å². The fourth-order valence-electron chi connectivity index (χ4n) is 1.85. The summed E-state index contributed by atoms with van der Waals surface area (Å²) in [6, 6.07) is 13.1. The van der Waals surface area contributed by atoms with E-state index < -0.39 is 10.3 Å². The summed E-state index contributed by atoms with van der Waals surface area (Å²) in [6.07, 6.45) is 2.76. The molecule has 0 heterocycles. The average molecular weight is 333 g/mol. The summed E-state index contributed by atoms with van der Waals surface area (Å²) in [6.45, 7) is 0. The van der Waals surface area contributed by atoms with Gasteiger partial charge >= 0.3 is 10.3 Å². The Kier molecular flexibility index (Phi) is 5.15. The van der Waals surface area contributed by atoms with Gasteiger partial charge in [-0.3, -0.25) is 4.79 Å². The first-order chi connectivity index (χ1) is 10.9. The van der Waals surface area contributed by atoms with Crippen molar-refractivity contribution in [3.05, 3.63) is 65.7 Å². The maximum atomic E-state index is 12.1. The van der Waals surface area contributed by atoms with E-state index in [0.717, 1.165) is 0 Å². The van der Waals surface area contributed by atoms with Crippen LogP contribution in [-0.4, -0.2) is 21.3 Å². The van der Waals surface area contributed by atoms with Gasteiger partial charge in [0, 0.05) is 11.1 Å². The molecule has 0 aromatic heterocycles. The Balaban J connectivity index is 2.33. The highest BCUT2D eigenvalue weighted by Crippen LogP contribution is 2.26. The number of hydrogen-bond acceptors (Lipinski definition) is 5. The fraction of sp³-hybridized carbons (Fsp3) is 0.0625. The summed E-state index contributed by atoms with van der Waals surface area (Å²) in [5, 5.41) is 4.88. The number of hydrogen-bond donors (Lipinski definition) is 1. The third-order valence-electron chi connectivity index (χ3n) is 2.90. The van der Waals surface area contributed by atoms with Crippen molar-refractivity contribution in [1.29, 1.82) is 0 Å². The molecule has 0 aliphatic carbocycles. The number of ether oxygens (including phenoxy) is 1. The van der Waals surface area contributed by atoms with Gasteiger partial charge in [0.1, 0.15) is 5.75 Å². The van der Waals surface area contributed by atoms with E-state index in [9.17, 15) is 13.2 Å². The molecule has 23 heavy (non-hydrogen) atoms. The van der Waals surface area contributed by atoms with Crippen LogP contribution in [0.2, 0.25) is 0 Å². The van der Waals surface area contributed by atoms with E-state index >= 15 is 0 Å². The summed E-state index contributed by atoms with van der Waals surface area (Å²) < 4.78 is 32.0. The second kappa shape index (κ2) is 7.08. The van der Waals surface area contributed by atoms with Crippen molar-refractivity contribution in [3.63, 3.8) is 0 Å². The molecule has 2 N–H and O–H groups in total. The molecule has 6 nitrogen and oxygen atoms in total. The Labute approximate surface area is 134 Å². The van der Waals surface area contributed by atoms with Gasteiger partial charge in [-0.1, -0.05) is 30.3 Å². The monoisotopic (exact) mass is 333 g/mol. The van der Waals surface area contributed by atoms with Crippen molar-refractivity contribution in [2.45, 2.75) is 0 Å². The molecule has 0 saturated carbocycles. The average Bonchev–Trinajstić information content (AvgIpc) is 2.53. The van der Waals surface area contributed by atoms with Crippen LogP contribution in [0, 0.1) is 0 Å². The van der Waals surface area contributed by atoms with E-state index in [4.69, 9.17) is 14.1 Å². The van der Waals surface area contributed by atoms with E-state index in [0.29, 0.717) is 16.9 Å². The molecular formula is C16H15NO5S. The number of carbonyl (C=O) groups excluding carboxylic acids is 1. The van der Waals surface area contributed by atoms with Crippen molar-refractivity contribution in [3.8, 4) is 11.5 Å². The van der Waals surface area contributed by atoms with Gasteiger partial charge in [0.05, 0.1) is 7.11 Å². The first-order valence-corrected chi connectivity index (χ1v) is 8.04. The van der Waals surface area contributed by atoms with Crippen LogP contribution in [0.5, 0.6) is 11.5 Å². The zero-order chi connectivity index (χ0) is 16.9. The van der Waals surface area contributed by atoms with Crippen LogP contribution in [0.3, 0.4) is 0 Å². The van der Waals surface area contributed by atoms with Gasteiger partial charge in [-0.25, -0.2) is 0 Å². The lowest BCUT2D eigenvalue weighted by molar-refractivity contribution is 0.104. The van der Waals surface area contributed by atoms with Crippen molar-refractivity contribution < 1.29 is 22.1 Å². The maximum absolute atomic E-state index is 12.1. The standard InChI is InChI=1S/C16H15NO5S/c1-21-14-8-10-16(22-23(17,19)20)13(11-14)7-9-15(18)12-5-3-2-4-6-12/h2-11H,1H3,(H2,17,19,20)/b9-7+. The lowest BCUT2D eigenvalue weighted by Crippen LogP contribution is -2.19. The predicted molar refractivity (Wildman–Crippen MR) is 86.5 cm³/mol. The first kappa shape index (κ1) is 16.7. The number of ketones is 1. The van der Waals surface area contributed by atoms with Gasteiger partial charge in [0.25, 0.3) is 0 Å². The smallest absolute Gasteiger partial charge is 0.380 e. The van der Waals surface area contributed by atoms with Gasteiger partial charge < -0.3 is 8.92 Å². The van der Waals surface area contributed by atoms with Crippen LogP contribution in [0.25, 0.3) is 6.08 Å². The zero-order valence-corrected chi connectivity index (χ0v) is 13.1. The fourth-order valence-corrected chi connectivity index (χ4v) is 2.25. The van der Waals surface area contributed by atoms with E-state index in [1.54, 1.807) is 30.3 Å². The van der Waals surface area contributed by atoms with E-state index in [2.05, 4.69) is 0 Å². The van der Waals surface area contributed by atoms with Gasteiger partial charge in [0.2, 0.25) is 0 Å². The summed E-state index contributed by atoms with van der Waals surface area (Å²) in [5.41, 5.74) is 0.864. The minimum absolute atomic E-state index is 0.00501. The molecule has 0 bridgehead atoms. The molecule has 7 heteroatoms. The van der Waals surface area contributed by atoms with Crippen LogP contribution < -0.4 is 14.1 Å². The molecule has 0 amide bonds. The topological polar surface area (TPSA) is 95.7 Å². The number of allylic oxidation sites excluding steroid dienone is 1. The number of methoxy groups -OCH3 is 1. The van der Waals surface area contributed by atoms with Gasteiger partial charge in [-0.05, 0) is 30.4 Å². The summed E-state index contributed by atoms with van der Waals surface area (Å²) in [7, 11) is -2.70. The van der Waals surface area contributed by atoms with Crippen molar-refractivity contribution in [2.24, 2.45) is 5.14 Å². The Bertz CT molecular complexity index is 829. The Hall–Kier alpha value is -2.64. The molecule has 2 aromatic carbocycles. The predicted octanol–water partition coefficient (Wildman–Crippen LogP) is 2.17. The molecule has 0 saturated heterocycles. The molecular weight excluding hydrogens is 318 g/mol. The van der Waals surface area contributed by atoms with Crippen LogP contribution in [0.15, 0.2) is 54.6 Å². The number of carbonyl (C=O) groups is 1. The molecule has 120 valence electrons. The molecule has 2 aromatic rings. The highest BCUT2D eigenvalue weighted by atomic mass is 32.2. The Morgan fingerprint density at radius 1 is 1.13 bits per heavy atom. The number of rotatable bonds is 6. The number of nitrogens with two attached hydrogens (primary N) is 1. The summed E-state index contributed by atoms with van der Waals surface area (Å²) in [5.74, 6) is 0.263. The van der Waals surface area contributed by atoms with E-state index in [-0.39, 0.29) is 11.5 Å². The minimum atomic E-state index is -4.17. The van der Waals surface area contributed by atoms with Crippen LogP contribution in [0.4, 0.5) is 0 Å². The zero-order valence-electron chi connectivity index (χ0n) is 12.3. The molecule has 0 atom stereocenters. The highest BCUT2D eigenvalue weighted by molar-refractivity contribution is 7.84. The van der Waals surface area contributed by atoms with Crippen LogP contribution in [0.1, 0.15) is 15.9 Å². The third kappa shape index (κ3) is 4.94. The number of benzene rings is 2. The van der Waals surface area contributed by atoms with Gasteiger partial charge in [-0.15, -0.1) is 0 Å². The second-order valence-electron chi connectivity index (χ2n) is 4.54. The molecule has 0 unspecified atom stereocenters. The Morgan fingerprint density at radius 2 is 1.83 bits per heavy atom. The summed E-state index contributed by atoms with van der Waals surface area (Å²) >= 11 is 0. The normalized spacial score (nSPS) is 11.4. The molecule has 2 rings (SSSR count). The quantitative estimate of drug-likeness (QED) is 0.645. The Morgan fingerprint density at radius 3 is 2.43 bits per heavy atom. The van der Waals surface area contributed by atoms with Crippen molar-refractivity contribution >= 4 is 22.2 Å². The molecule has 0 radical (unpaired) electrons. The van der Waals surface area contributed by atoms with Crippen molar-refractivity contribution in [1.82, 2.24) is 0 Å². The second-order valence-corrected chi connectivity index (χ2v) is 5.70. The van der Waals surface area contributed by atoms with Crippen molar-refractivity contribution in [2.75, 3.05) is 7.11 Å². The molecule has 0 fully saturated rings. The lowest BCUT2D eigenvalue weighted by Gasteiger charge is -2.08. The van der Waals surface area contributed by atoms with E-state index in [1.165, 1.54) is 37.5 Å². The highest BCUT2D eigenvalue weighted by Gasteiger charge is 2.10. The SMILES string of the molecule is COc1ccc(OS(N)(=O)=O)c(/C=C/C(=O)c2ccccc2)c1. The summed E-state index contributed by atoms with van der Waals surface area (Å²) in [4.78, 5) is 12.1. The molecule has 0 spiro atoms. The van der Waals surface area contributed by atoms with Crippen LogP contribution >= 0.6 is 0 Å². The molecule has 0 aliphatic heterocycles. The largest absolute Gasteiger partial charge is 0.497 e. The van der Waals surface area contributed by atoms with Gasteiger partial charge in [-0.2, -0.15) is 13.6 Å². The maximum Gasteiger partial charge on any atom is 0.380 e. The van der Waals surface area contributed by atoms with Crippen LogP contribution in [-0.2, 0) is 10.3 Å². The third-order valence-corrected chi connectivity index (χ3v) is 3.31.